The molecular weight excluding hydrogens is 352 g/mol. The van der Waals surface area contributed by atoms with Crippen LogP contribution in [0.3, 0.4) is 0 Å². The first-order chi connectivity index (χ1) is 12.9. The molecule has 0 spiro atoms. The van der Waals surface area contributed by atoms with Crippen molar-refractivity contribution in [1.29, 1.82) is 0 Å². The Morgan fingerprint density at radius 2 is 2.07 bits per heavy atom. The molecule has 1 aliphatic heterocycles. The highest BCUT2D eigenvalue weighted by Crippen LogP contribution is 2.31. The predicted molar refractivity (Wildman–Crippen MR) is 102 cm³/mol. The van der Waals surface area contributed by atoms with Crippen molar-refractivity contribution in [1.82, 2.24) is 15.3 Å². The van der Waals surface area contributed by atoms with Crippen molar-refractivity contribution in [2.24, 2.45) is 0 Å². The van der Waals surface area contributed by atoms with Gasteiger partial charge >= 0.3 is 6.61 Å². The molecule has 6 nitrogen and oxygen atoms in total. The number of hydrogen-bond donors (Lipinski definition) is 1. The van der Waals surface area contributed by atoms with Gasteiger partial charge in [0.1, 0.15) is 5.75 Å². The number of benzene rings is 1. The molecule has 0 amide bonds. The van der Waals surface area contributed by atoms with E-state index in [4.69, 9.17) is 0 Å². The standard InChI is InChI=1S/C19H25F2N5O/c1-13-10-15(24-19(23-13)25(2)3)11-22-14-8-9-26(12-14)16-6-4-5-7-17(16)27-18(20)21/h4-7,10,14,18,22H,8-9,11-12H2,1-3H3. The van der Waals surface area contributed by atoms with E-state index in [2.05, 4.69) is 24.9 Å². The van der Waals surface area contributed by atoms with Crippen molar-refractivity contribution < 1.29 is 13.5 Å². The normalized spacial score (nSPS) is 16.8. The van der Waals surface area contributed by atoms with Crippen molar-refractivity contribution in [3.8, 4) is 5.75 Å². The summed E-state index contributed by atoms with van der Waals surface area (Å²) in [4.78, 5) is 12.9. The second-order valence-corrected chi connectivity index (χ2v) is 6.85. The quantitative estimate of drug-likeness (QED) is 0.801. The number of halogens is 2. The van der Waals surface area contributed by atoms with E-state index in [0.29, 0.717) is 18.2 Å². The topological polar surface area (TPSA) is 53.5 Å². The minimum atomic E-state index is -2.82. The smallest absolute Gasteiger partial charge is 0.387 e. The lowest BCUT2D eigenvalue weighted by Gasteiger charge is -2.22. The number of aryl methyl sites for hydroxylation is 1. The summed E-state index contributed by atoms with van der Waals surface area (Å²) in [6.45, 7) is 1.28. The molecule has 27 heavy (non-hydrogen) atoms. The molecule has 0 aliphatic carbocycles. The fraction of sp³-hybridized carbons (Fsp3) is 0.474. The Labute approximate surface area is 158 Å². The first kappa shape index (κ1) is 19.3. The summed E-state index contributed by atoms with van der Waals surface area (Å²) in [5.74, 6) is 0.910. The van der Waals surface area contributed by atoms with Gasteiger partial charge in [-0.2, -0.15) is 8.78 Å². The Morgan fingerprint density at radius 1 is 1.30 bits per heavy atom. The maximum absolute atomic E-state index is 12.6. The monoisotopic (exact) mass is 377 g/mol. The van der Waals surface area contributed by atoms with Crippen LogP contribution in [-0.4, -0.2) is 49.8 Å². The predicted octanol–water partition coefficient (Wildman–Crippen LogP) is 2.82. The van der Waals surface area contributed by atoms with E-state index < -0.39 is 6.61 Å². The molecule has 1 atom stereocenters. The van der Waals surface area contributed by atoms with Crippen LogP contribution in [0, 0.1) is 6.92 Å². The number of rotatable bonds is 7. The molecule has 0 radical (unpaired) electrons. The van der Waals surface area contributed by atoms with Crippen molar-refractivity contribution in [2.45, 2.75) is 32.5 Å². The highest BCUT2D eigenvalue weighted by Gasteiger charge is 2.25. The number of nitrogens with zero attached hydrogens (tertiary/aromatic N) is 4. The third kappa shape index (κ3) is 5.03. The second kappa shape index (κ2) is 8.47. The highest BCUT2D eigenvalue weighted by atomic mass is 19.3. The molecule has 3 rings (SSSR count). The number of hydrogen-bond acceptors (Lipinski definition) is 6. The minimum Gasteiger partial charge on any atom is -0.433 e. The van der Waals surface area contributed by atoms with Crippen LogP contribution >= 0.6 is 0 Å². The zero-order chi connectivity index (χ0) is 19.4. The molecule has 2 aromatic rings. The third-order valence-corrected chi connectivity index (χ3v) is 4.48. The molecule has 1 aromatic carbocycles. The summed E-state index contributed by atoms with van der Waals surface area (Å²) >= 11 is 0. The van der Waals surface area contributed by atoms with Crippen molar-refractivity contribution in [3.63, 3.8) is 0 Å². The summed E-state index contributed by atoms with van der Waals surface area (Å²) in [5.41, 5.74) is 2.57. The maximum atomic E-state index is 12.6. The molecule has 1 fully saturated rings. The average molecular weight is 377 g/mol. The Hall–Kier alpha value is -2.48. The molecule has 1 unspecified atom stereocenters. The molecule has 2 heterocycles. The summed E-state index contributed by atoms with van der Waals surface area (Å²) in [5, 5.41) is 3.51. The summed E-state index contributed by atoms with van der Waals surface area (Å²) in [6.07, 6.45) is 0.924. The number of anilines is 2. The van der Waals surface area contributed by atoms with Gasteiger partial charge in [0.2, 0.25) is 5.95 Å². The molecule has 1 N–H and O–H groups in total. The van der Waals surface area contributed by atoms with Gasteiger partial charge in [0.25, 0.3) is 0 Å². The van der Waals surface area contributed by atoms with Crippen molar-refractivity contribution in [3.05, 3.63) is 41.7 Å². The van der Waals surface area contributed by atoms with E-state index in [9.17, 15) is 8.78 Å². The zero-order valence-electron chi connectivity index (χ0n) is 15.8. The Bertz CT molecular complexity index is 772. The summed E-state index contributed by atoms with van der Waals surface area (Å²) in [7, 11) is 3.83. The lowest BCUT2D eigenvalue weighted by molar-refractivity contribution is -0.0495. The van der Waals surface area contributed by atoms with Gasteiger partial charge in [-0.15, -0.1) is 0 Å². The SMILES string of the molecule is Cc1cc(CNC2CCN(c3ccccc3OC(F)F)C2)nc(N(C)C)n1. The highest BCUT2D eigenvalue weighted by molar-refractivity contribution is 5.59. The van der Waals surface area contributed by atoms with E-state index in [0.717, 1.165) is 30.9 Å². The van der Waals surface area contributed by atoms with Crippen LogP contribution in [0.15, 0.2) is 30.3 Å². The largest absolute Gasteiger partial charge is 0.433 e. The van der Waals surface area contributed by atoms with Gasteiger partial charge in [-0.1, -0.05) is 12.1 Å². The number of alkyl halides is 2. The number of ether oxygens (including phenoxy) is 1. The average Bonchev–Trinajstić information content (AvgIpc) is 3.08. The Balaban J connectivity index is 1.61. The van der Waals surface area contributed by atoms with Crippen molar-refractivity contribution in [2.75, 3.05) is 37.0 Å². The van der Waals surface area contributed by atoms with E-state index in [1.165, 1.54) is 0 Å². The Kier molecular flexibility index (Phi) is 6.05. The second-order valence-electron chi connectivity index (χ2n) is 6.85. The minimum absolute atomic E-state index is 0.218. The zero-order valence-corrected chi connectivity index (χ0v) is 15.8. The fourth-order valence-corrected chi connectivity index (χ4v) is 3.22. The van der Waals surface area contributed by atoms with Crippen molar-refractivity contribution >= 4 is 11.6 Å². The first-order valence-corrected chi connectivity index (χ1v) is 8.96. The van der Waals surface area contributed by atoms with Gasteiger partial charge in [-0.05, 0) is 31.5 Å². The van der Waals surface area contributed by atoms with Crippen LogP contribution in [0.25, 0.3) is 0 Å². The molecule has 0 bridgehead atoms. The van der Waals surface area contributed by atoms with Crippen LogP contribution in [0.5, 0.6) is 5.75 Å². The van der Waals surface area contributed by atoms with Crippen LogP contribution in [0.4, 0.5) is 20.4 Å². The van der Waals surface area contributed by atoms with Gasteiger partial charge in [0.15, 0.2) is 0 Å². The number of nitrogens with one attached hydrogen (secondary N) is 1. The molecular formula is C19H25F2N5O. The molecule has 146 valence electrons. The maximum Gasteiger partial charge on any atom is 0.387 e. The van der Waals surface area contributed by atoms with Gasteiger partial charge in [0.05, 0.1) is 11.4 Å². The van der Waals surface area contributed by atoms with E-state index in [-0.39, 0.29) is 11.8 Å². The fourth-order valence-electron chi connectivity index (χ4n) is 3.22. The van der Waals surface area contributed by atoms with Gasteiger partial charge in [-0.3, -0.25) is 0 Å². The summed E-state index contributed by atoms with van der Waals surface area (Å²) in [6, 6.07) is 9.15. The third-order valence-electron chi connectivity index (χ3n) is 4.48. The van der Waals surface area contributed by atoms with E-state index in [1.54, 1.807) is 12.1 Å². The van der Waals surface area contributed by atoms with Crippen LogP contribution < -0.4 is 19.9 Å². The van der Waals surface area contributed by atoms with Gasteiger partial charge in [0, 0.05) is 45.5 Å². The molecule has 1 saturated heterocycles. The Morgan fingerprint density at radius 3 is 2.81 bits per heavy atom. The van der Waals surface area contributed by atoms with E-state index >= 15 is 0 Å². The van der Waals surface area contributed by atoms with Crippen LogP contribution in [-0.2, 0) is 6.54 Å². The van der Waals surface area contributed by atoms with Gasteiger partial charge < -0.3 is 19.9 Å². The lowest BCUT2D eigenvalue weighted by Crippen LogP contribution is -2.32. The van der Waals surface area contributed by atoms with Crippen LogP contribution in [0.2, 0.25) is 0 Å². The number of para-hydroxylation sites is 2. The molecule has 8 heteroatoms. The first-order valence-electron chi connectivity index (χ1n) is 8.96. The molecule has 1 aliphatic rings. The lowest BCUT2D eigenvalue weighted by atomic mass is 10.2. The molecule has 0 saturated carbocycles. The number of aromatic nitrogens is 2. The summed E-state index contributed by atoms with van der Waals surface area (Å²) < 4.78 is 29.9. The van der Waals surface area contributed by atoms with E-state index in [1.807, 2.05) is 44.1 Å². The molecule has 1 aromatic heterocycles. The van der Waals surface area contributed by atoms with Gasteiger partial charge in [-0.25, -0.2) is 9.97 Å². The van der Waals surface area contributed by atoms with Crippen LogP contribution in [0.1, 0.15) is 17.8 Å².